The zero-order valence-electron chi connectivity index (χ0n) is 14.5. The number of nitrogens with one attached hydrogen (secondary N) is 1. The minimum Gasteiger partial charge on any atom is -0.337 e. The molecular formula is C20H21N5O. The molecule has 1 amide bonds. The van der Waals surface area contributed by atoms with Crippen molar-refractivity contribution in [2.45, 2.75) is 25.2 Å². The van der Waals surface area contributed by atoms with Gasteiger partial charge in [-0.3, -0.25) is 14.9 Å². The molecule has 1 atom stereocenters. The Hall–Kier alpha value is -3.02. The number of aromatic amines is 1. The predicted molar refractivity (Wildman–Crippen MR) is 97.7 cm³/mol. The Morgan fingerprint density at radius 3 is 2.88 bits per heavy atom. The van der Waals surface area contributed by atoms with Gasteiger partial charge < -0.3 is 4.90 Å². The summed E-state index contributed by atoms with van der Waals surface area (Å²) in [6.45, 7) is 1.44. The van der Waals surface area contributed by atoms with Crippen LogP contribution in [-0.4, -0.2) is 44.1 Å². The maximum absolute atomic E-state index is 12.7. The first kappa shape index (κ1) is 16.4. The molecule has 0 unspecified atom stereocenters. The first-order valence-electron chi connectivity index (χ1n) is 8.92. The Morgan fingerprint density at radius 2 is 2.08 bits per heavy atom. The quantitative estimate of drug-likeness (QED) is 0.787. The monoisotopic (exact) mass is 347 g/mol. The molecule has 3 heterocycles. The minimum atomic E-state index is -0.0491. The highest BCUT2D eigenvalue weighted by molar-refractivity contribution is 5.92. The van der Waals surface area contributed by atoms with Gasteiger partial charge in [0.05, 0.1) is 12.4 Å². The molecule has 1 fully saturated rings. The second kappa shape index (κ2) is 7.47. The molecule has 132 valence electrons. The highest BCUT2D eigenvalue weighted by atomic mass is 16.2. The van der Waals surface area contributed by atoms with E-state index in [9.17, 15) is 4.79 Å². The van der Waals surface area contributed by atoms with Gasteiger partial charge in [-0.25, -0.2) is 4.98 Å². The summed E-state index contributed by atoms with van der Waals surface area (Å²) in [5.74, 6) is 0.220. The lowest BCUT2D eigenvalue weighted by Crippen LogP contribution is -2.39. The number of carbonyl (C=O) groups is 1. The Bertz CT molecular complexity index is 862. The topological polar surface area (TPSA) is 74.8 Å². The number of nitrogens with zero attached hydrogens (tertiary/aromatic N) is 4. The Labute approximate surface area is 152 Å². The van der Waals surface area contributed by atoms with Crippen molar-refractivity contribution in [3.63, 3.8) is 0 Å². The zero-order chi connectivity index (χ0) is 17.8. The largest absolute Gasteiger partial charge is 0.337 e. The van der Waals surface area contributed by atoms with Crippen LogP contribution in [0.25, 0.3) is 0 Å². The predicted octanol–water partition coefficient (Wildman–Crippen LogP) is 2.81. The van der Waals surface area contributed by atoms with Crippen LogP contribution in [0.3, 0.4) is 0 Å². The summed E-state index contributed by atoms with van der Waals surface area (Å²) in [5, 5.41) is 7.45. The lowest BCUT2D eigenvalue weighted by Gasteiger charge is -2.32. The molecule has 1 aliphatic rings. The van der Waals surface area contributed by atoms with Gasteiger partial charge in [0, 0.05) is 43.5 Å². The van der Waals surface area contributed by atoms with E-state index in [2.05, 4.69) is 44.4 Å². The van der Waals surface area contributed by atoms with E-state index in [1.165, 1.54) is 17.3 Å². The Kier molecular flexibility index (Phi) is 4.73. The fraction of sp³-hybridized carbons (Fsp3) is 0.300. The lowest BCUT2D eigenvalue weighted by atomic mass is 9.90. The van der Waals surface area contributed by atoms with Crippen molar-refractivity contribution in [1.29, 1.82) is 0 Å². The molecule has 0 bridgehead atoms. The van der Waals surface area contributed by atoms with E-state index in [0.717, 1.165) is 31.5 Å². The number of hydrogen-bond donors (Lipinski definition) is 1. The van der Waals surface area contributed by atoms with E-state index < -0.39 is 0 Å². The third-order valence-electron chi connectivity index (χ3n) is 4.89. The van der Waals surface area contributed by atoms with Gasteiger partial charge >= 0.3 is 0 Å². The van der Waals surface area contributed by atoms with Crippen LogP contribution in [0.1, 0.15) is 46.1 Å². The number of likely N-dealkylation sites (tertiary alicyclic amines) is 1. The third kappa shape index (κ3) is 3.49. The van der Waals surface area contributed by atoms with Crippen LogP contribution in [0.5, 0.6) is 0 Å². The van der Waals surface area contributed by atoms with Crippen molar-refractivity contribution in [2.75, 3.05) is 13.1 Å². The van der Waals surface area contributed by atoms with Crippen LogP contribution < -0.4 is 0 Å². The highest BCUT2D eigenvalue weighted by Gasteiger charge is 2.28. The van der Waals surface area contributed by atoms with Crippen LogP contribution in [0.2, 0.25) is 0 Å². The molecule has 26 heavy (non-hydrogen) atoms. The molecule has 1 aromatic carbocycles. The minimum absolute atomic E-state index is 0.0491. The van der Waals surface area contributed by atoms with Gasteiger partial charge in [0.25, 0.3) is 5.91 Å². The fourth-order valence-electron chi connectivity index (χ4n) is 3.60. The van der Waals surface area contributed by atoms with E-state index in [-0.39, 0.29) is 11.8 Å². The Balaban J connectivity index is 1.50. The van der Waals surface area contributed by atoms with Crippen molar-refractivity contribution in [1.82, 2.24) is 25.1 Å². The summed E-state index contributed by atoms with van der Waals surface area (Å²) in [4.78, 5) is 22.7. The first-order chi connectivity index (χ1) is 12.8. The third-order valence-corrected chi connectivity index (χ3v) is 4.89. The molecule has 0 spiro atoms. The summed E-state index contributed by atoms with van der Waals surface area (Å²) in [5.41, 5.74) is 4.02. The summed E-state index contributed by atoms with van der Waals surface area (Å²) in [6.07, 6.45) is 9.45. The highest BCUT2D eigenvalue weighted by Crippen LogP contribution is 2.29. The molecule has 2 aromatic heterocycles. The summed E-state index contributed by atoms with van der Waals surface area (Å²) < 4.78 is 0. The summed E-state index contributed by atoms with van der Waals surface area (Å²) >= 11 is 0. The fourth-order valence-corrected chi connectivity index (χ4v) is 3.60. The zero-order valence-corrected chi connectivity index (χ0v) is 14.5. The second-order valence-electron chi connectivity index (χ2n) is 6.65. The van der Waals surface area contributed by atoms with Crippen molar-refractivity contribution in [3.8, 4) is 0 Å². The van der Waals surface area contributed by atoms with E-state index >= 15 is 0 Å². The molecule has 1 aliphatic heterocycles. The smallest absolute Gasteiger partial charge is 0.274 e. The number of benzene rings is 1. The number of amides is 1. The number of carbonyl (C=O) groups excluding carboxylic acids is 1. The number of piperidine rings is 1. The SMILES string of the molecule is O=C(c1cnccn1)N1CCC[C@@H](c2[nH]ncc2Cc2ccccc2)C1. The van der Waals surface area contributed by atoms with E-state index in [1.807, 2.05) is 17.2 Å². The van der Waals surface area contributed by atoms with E-state index in [0.29, 0.717) is 12.2 Å². The molecule has 0 saturated carbocycles. The number of aromatic nitrogens is 4. The first-order valence-corrected chi connectivity index (χ1v) is 8.92. The van der Waals surface area contributed by atoms with Gasteiger partial charge in [0.15, 0.2) is 0 Å². The van der Waals surface area contributed by atoms with Gasteiger partial charge in [-0.15, -0.1) is 0 Å². The number of H-pyrrole nitrogens is 1. The van der Waals surface area contributed by atoms with Crippen molar-refractivity contribution in [2.24, 2.45) is 0 Å². The van der Waals surface area contributed by atoms with E-state index in [1.54, 1.807) is 12.4 Å². The van der Waals surface area contributed by atoms with Gasteiger partial charge in [0.1, 0.15) is 5.69 Å². The lowest BCUT2D eigenvalue weighted by molar-refractivity contribution is 0.0699. The van der Waals surface area contributed by atoms with Crippen molar-refractivity contribution in [3.05, 3.63) is 77.6 Å². The van der Waals surface area contributed by atoms with Gasteiger partial charge in [-0.2, -0.15) is 5.10 Å². The normalized spacial score (nSPS) is 17.2. The van der Waals surface area contributed by atoms with Crippen LogP contribution in [0.4, 0.5) is 0 Å². The van der Waals surface area contributed by atoms with E-state index in [4.69, 9.17) is 0 Å². The van der Waals surface area contributed by atoms with Gasteiger partial charge in [0.2, 0.25) is 0 Å². The molecule has 1 N–H and O–H groups in total. The molecule has 0 aliphatic carbocycles. The Morgan fingerprint density at radius 1 is 1.19 bits per heavy atom. The average molecular weight is 347 g/mol. The molecule has 0 radical (unpaired) electrons. The number of hydrogen-bond acceptors (Lipinski definition) is 4. The van der Waals surface area contributed by atoms with Crippen molar-refractivity contribution >= 4 is 5.91 Å². The molecule has 4 rings (SSSR count). The van der Waals surface area contributed by atoms with Crippen molar-refractivity contribution < 1.29 is 4.79 Å². The maximum atomic E-state index is 12.7. The molecule has 1 saturated heterocycles. The van der Waals surface area contributed by atoms with Gasteiger partial charge in [-0.1, -0.05) is 30.3 Å². The van der Waals surface area contributed by atoms with Gasteiger partial charge in [-0.05, 0) is 24.0 Å². The van der Waals surface area contributed by atoms with Crippen LogP contribution in [0.15, 0.2) is 55.1 Å². The second-order valence-corrected chi connectivity index (χ2v) is 6.65. The molecule has 6 nitrogen and oxygen atoms in total. The molecular weight excluding hydrogens is 326 g/mol. The molecule has 6 heteroatoms. The van der Waals surface area contributed by atoms with Crippen LogP contribution in [0, 0.1) is 0 Å². The average Bonchev–Trinajstić information content (AvgIpc) is 3.17. The van der Waals surface area contributed by atoms with Crippen LogP contribution in [-0.2, 0) is 6.42 Å². The van der Waals surface area contributed by atoms with Crippen LogP contribution >= 0.6 is 0 Å². The summed E-state index contributed by atoms with van der Waals surface area (Å²) in [6, 6.07) is 10.4. The number of rotatable bonds is 4. The molecule has 3 aromatic rings. The summed E-state index contributed by atoms with van der Waals surface area (Å²) in [7, 11) is 0. The maximum Gasteiger partial charge on any atom is 0.274 e. The standard InChI is InChI=1S/C20H21N5O/c26-20(18-13-21-8-9-22-18)25-10-4-7-16(14-25)19-17(12-23-24-19)11-15-5-2-1-3-6-15/h1-3,5-6,8-9,12-13,16H,4,7,10-11,14H2,(H,23,24)/t16-/m1/s1.